The van der Waals surface area contributed by atoms with Crippen LogP contribution in [-0.2, 0) is 19.1 Å². The second-order valence-corrected chi connectivity index (χ2v) is 3.35. The van der Waals surface area contributed by atoms with Gasteiger partial charge in [0.25, 0.3) is 0 Å². The van der Waals surface area contributed by atoms with Crippen LogP contribution in [0.3, 0.4) is 0 Å². The van der Waals surface area contributed by atoms with E-state index in [4.69, 9.17) is 4.74 Å². The van der Waals surface area contributed by atoms with Gasteiger partial charge in [0.1, 0.15) is 6.61 Å². The molecule has 0 N–H and O–H groups in total. The van der Waals surface area contributed by atoms with E-state index in [0.29, 0.717) is 0 Å². The van der Waals surface area contributed by atoms with Gasteiger partial charge in [-0.05, 0) is 13.8 Å². The van der Waals surface area contributed by atoms with Crippen LogP contribution in [0.2, 0.25) is 0 Å². The Kier molecular flexibility index (Phi) is 2.59. The maximum absolute atomic E-state index is 13.5. The highest BCUT2D eigenvalue weighted by Crippen LogP contribution is 2.27. The lowest BCUT2D eigenvalue weighted by molar-refractivity contribution is -0.153. The van der Waals surface area contributed by atoms with Crippen molar-refractivity contribution in [2.75, 3.05) is 6.61 Å². The van der Waals surface area contributed by atoms with Crippen molar-refractivity contribution in [3.8, 4) is 0 Å². The highest BCUT2D eigenvalue weighted by atomic mass is 19.1. The number of carbonyl (C=O) groups excluding carboxylic acids is 2. The summed E-state index contributed by atoms with van der Waals surface area (Å²) in [7, 11) is 0. The highest BCUT2D eigenvalue weighted by molar-refractivity contribution is 5.88. The number of esters is 2. The molecule has 0 bridgehead atoms. The smallest absolute Gasteiger partial charge is 0.347 e. The van der Waals surface area contributed by atoms with Gasteiger partial charge in [0, 0.05) is 5.57 Å². The molecule has 0 spiro atoms. The van der Waals surface area contributed by atoms with Crippen molar-refractivity contribution in [2.45, 2.75) is 25.6 Å². The van der Waals surface area contributed by atoms with E-state index in [9.17, 15) is 14.0 Å². The number of hydrogen-bond acceptors (Lipinski definition) is 4. The number of alkyl halides is 1. The highest BCUT2D eigenvalue weighted by Gasteiger charge is 2.52. The van der Waals surface area contributed by atoms with E-state index in [0.717, 1.165) is 6.92 Å². The number of ether oxygens (including phenoxy) is 2. The zero-order valence-electron chi connectivity index (χ0n) is 8.00. The van der Waals surface area contributed by atoms with Crippen molar-refractivity contribution in [3.05, 3.63) is 12.2 Å². The molecule has 2 atom stereocenters. The summed E-state index contributed by atoms with van der Waals surface area (Å²) in [5.74, 6) is -1.73. The summed E-state index contributed by atoms with van der Waals surface area (Å²) in [6, 6.07) is 0. The second-order valence-electron chi connectivity index (χ2n) is 3.35. The zero-order chi connectivity index (χ0) is 10.9. The van der Waals surface area contributed by atoms with Gasteiger partial charge in [-0.1, -0.05) is 6.58 Å². The van der Waals surface area contributed by atoms with Crippen LogP contribution in [-0.4, -0.2) is 30.3 Å². The first-order valence-electron chi connectivity index (χ1n) is 4.08. The molecule has 4 nitrogen and oxygen atoms in total. The number of rotatable bonds is 2. The van der Waals surface area contributed by atoms with Crippen molar-refractivity contribution < 1.29 is 23.5 Å². The molecule has 1 fully saturated rings. The van der Waals surface area contributed by atoms with Crippen molar-refractivity contribution >= 4 is 11.9 Å². The van der Waals surface area contributed by atoms with Gasteiger partial charge in [-0.3, -0.25) is 0 Å². The molecule has 14 heavy (non-hydrogen) atoms. The lowest BCUT2D eigenvalue weighted by Crippen LogP contribution is -2.39. The third kappa shape index (κ3) is 1.76. The number of halogens is 1. The molecule has 0 radical (unpaired) electrons. The van der Waals surface area contributed by atoms with E-state index in [2.05, 4.69) is 11.3 Å². The van der Waals surface area contributed by atoms with Gasteiger partial charge in [-0.2, -0.15) is 0 Å². The Bertz CT molecular complexity index is 295. The van der Waals surface area contributed by atoms with Crippen LogP contribution in [0, 0.1) is 0 Å². The minimum atomic E-state index is -2.26. The van der Waals surface area contributed by atoms with Crippen molar-refractivity contribution in [1.29, 1.82) is 0 Å². The Labute approximate surface area is 80.7 Å². The summed E-state index contributed by atoms with van der Waals surface area (Å²) in [4.78, 5) is 21.9. The van der Waals surface area contributed by atoms with Gasteiger partial charge in [0.2, 0.25) is 5.67 Å². The third-order valence-electron chi connectivity index (χ3n) is 1.97. The normalized spacial score (nSPS) is 31.1. The Morgan fingerprint density at radius 1 is 1.79 bits per heavy atom. The van der Waals surface area contributed by atoms with Crippen LogP contribution in [0.4, 0.5) is 4.39 Å². The lowest BCUT2D eigenvalue weighted by atomic mass is 10.1. The molecule has 78 valence electrons. The summed E-state index contributed by atoms with van der Waals surface area (Å²) in [5.41, 5.74) is -2.11. The summed E-state index contributed by atoms with van der Waals surface area (Å²) in [6.07, 6.45) is -1.18. The molecule has 0 aromatic rings. The Hall–Kier alpha value is -1.39. The fraction of sp³-hybridized carbons (Fsp3) is 0.556. The average Bonchev–Trinajstić information content (AvgIpc) is 2.31. The molecule has 0 saturated carbocycles. The number of cyclic esters (lactones) is 1. The minimum Gasteiger partial charge on any atom is -0.459 e. The number of hydrogen-bond donors (Lipinski definition) is 0. The van der Waals surface area contributed by atoms with Crippen molar-refractivity contribution in [3.63, 3.8) is 0 Å². The van der Waals surface area contributed by atoms with Crippen LogP contribution >= 0.6 is 0 Å². The van der Waals surface area contributed by atoms with E-state index in [1.165, 1.54) is 6.92 Å². The van der Waals surface area contributed by atoms with Crippen LogP contribution < -0.4 is 0 Å². The van der Waals surface area contributed by atoms with Gasteiger partial charge >= 0.3 is 11.9 Å². The second kappa shape index (κ2) is 3.40. The summed E-state index contributed by atoms with van der Waals surface area (Å²) in [5, 5.41) is 0. The quantitative estimate of drug-likeness (QED) is 0.490. The molecular formula is C9H11FO4. The molecule has 0 amide bonds. The topological polar surface area (TPSA) is 52.6 Å². The fourth-order valence-electron chi connectivity index (χ4n) is 0.955. The number of carbonyl (C=O) groups is 2. The van der Waals surface area contributed by atoms with Gasteiger partial charge in [0.05, 0.1) is 0 Å². The Balaban J connectivity index is 2.68. The maximum Gasteiger partial charge on any atom is 0.347 e. The predicted molar refractivity (Wildman–Crippen MR) is 45.2 cm³/mol. The molecular weight excluding hydrogens is 191 g/mol. The largest absolute Gasteiger partial charge is 0.459 e. The molecule has 0 aromatic heterocycles. The van der Waals surface area contributed by atoms with Gasteiger partial charge in [-0.15, -0.1) is 0 Å². The molecule has 1 aliphatic heterocycles. The minimum absolute atomic E-state index is 0.153. The van der Waals surface area contributed by atoms with Crippen molar-refractivity contribution in [2.24, 2.45) is 0 Å². The van der Waals surface area contributed by atoms with E-state index >= 15 is 0 Å². The molecule has 1 aliphatic rings. The molecule has 2 unspecified atom stereocenters. The van der Waals surface area contributed by atoms with Crippen LogP contribution in [0.5, 0.6) is 0 Å². The Morgan fingerprint density at radius 3 is 2.71 bits per heavy atom. The molecule has 5 heteroatoms. The summed E-state index contributed by atoms with van der Waals surface area (Å²) in [6.45, 7) is 5.56. The molecule has 0 aromatic carbocycles. The zero-order valence-corrected chi connectivity index (χ0v) is 8.00. The average molecular weight is 202 g/mol. The van der Waals surface area contributed by atoms with Crippen LogP contribution in [0.15, 0.2) is 12.2 Å². The first-order chi connectivity index (χ1) is 6.35. The molecule has 1 saturated heterocycles. The van der Waals surface area contributed by atoms with E-state index < -0.39 is 23.7 Å². The lowest BCUT2D eigenvalue weighted by Gasteiger charge is -2.17. The molecule has 1 rings (SSSR count). The monoisotopic (exact) mass is 202 g/mol. The Morgan fingerprint density at radius 2 is 2.36 bits per heavy atom. The van der Waals surface area contributed by atoms with Gasteiger partial charge in [-0.25, -0.2) is 14.0 Å². The predicted octanol–water partition coefficient (Wildman–Crippen LogP) is 0.759. The first kappa shape index (κ1) is 10.7. The van der Waals surface area contributed by atoms with Gasteiger partial charge < -0.3 is 9.47 Å². The van der Waals surface area contributed by atoms with E-state index in [-0.39, 0.29) is 12.2 Å². The SMILES string of the molecule is C=C(C)C(=O)OC1COC(=O)C1(C)F. The maximum atomic E-state index is 13.5. The van der Waals surface area contributed by atoms with Gasteiger partial charge in [0.15, 0.2) is 6.10 Å². The third-order valence-corrected chi connectivity index (χ3v) is 1.97. The van der Waals surface area contributed by atoms with E-state index in [1.54, 1.807) is 0 Å². The summed E-state index contributed by atoms with van der Waals surface area (Å²) < 4.78 is 22.7. The van der Waals surface area contributed by atoms with Crippen LogP contribution in [0.25, 0.3) is 0 Å². The molecule has 0 aliphatic carbocycles. The standard InChI is InChI=1S/C9H11FO4/c1-5(2)7(11)14-6-4-13-8(12)9(6,3)10/h6H,1,4H2,2-3H3. The van der Waals surface area contributed by atoms with E-state index in [1.807, 2.05) is 0 Å². The first-order valence-corrected chi connectivity index (χ1v) is 4.08. The van der Waals surface area contributed by atoms with Crippen LogP contribution in [0.1, 0.15) is 13.8 Å². The fourth-order valence-corrected chi connectivity index (χ4v) is 0.955. The summed E-state index contributed by atoms with van der Waals surface area (Å²) >= 11 is 0. The molecule has 1 heterocycles. The van der Waals surface area contributed by atoms with Crippen molar-refractivity contribution in [1.82, 2.24) is 0 Å².